The first-order valence-electron chi connectivity index (χ1n) is 8.07. The lowest BCUT2D eigenvalue weighted by molar-refractivity contribution is -0.422. The summed E-state index contributed by atoms with van der Waals surface area (Å²) in [4.78, 5) is 25.1. The van der Waals surface area contributed by atoms with Crippen molar-refractivity contribution in [3.63, 3.8) is 0 Å². The van der Waals surface area contributed by atoms with Gasteiger partial charge in [0.1, 0.15) is 5.69 Å². The minimum atomic E-state index is -0.711. The van der Waals surface area contributed by atoms with Crippen LogP contribution in [0.2, 0.25) is 0 Å². The molecule has 0 saturated heterocycles. The number of nitro groups is 2. The number of anilines is 3. The van der Waals surface area contributed by atoms with Crippen molar-refractivity contribution < 1.29 is 9.85 Å². The molecule has 0 bridgehead atoms. The molecule has 0 radical (unpaired) electrons. The van der Waals surface area contributed by atoms with Gasteiger partial charge in [-0.3, -0.25) is 20.2 Å². The summed E-state index contributed by atoms with van der Waals surface area (Å²) < 4.78 is 0. The summed E-state index contributed by atoms with van der Waals surface area (Å²) in [5.74, 6) is 0. The van der Waals surface area contributed by atoms with Crippen LogP contribution in [-0.4, -0.2) is 9.85 Å². The van der Waals surface area contributed by atoms with Gasteiger partial charge in [-0.05, 0) is 37.3 Å². The first kappa shape index (κ1) is 17.0. The Morgan fingerprint density at radius 2 is 1.56 bits per heavy atom. The number of para-hydroxylation sites is 1. The smallest absolute Gasteiger partial charge is 0.302 e. The molecule has 3 aromatic carbocycles. The van der Waals surface area contributed by atoms with Crippen LogP contribution in [0.3, 0.4) is 0 Å². The Balaban J connectivity index is 2.07. The van der Waals surface area contributed by atoms with Crippen molar-refractivity contribution in [3.8, 4) is 0 Å². The summed E-state index contributed by atoms with van der Waals surface area (Å²) in [5, 5.41) is 23.2. The van der Waals surface area contributed by atoms with Crippen LogP contribution in [0.5, 0.6) is 0 Å². The fraction of sp³-hybridized carbons (Fsp3) is 0.0526. The molecule has 4 rings (SSSR count). The fourth-order valence-corrected chi connectivity index (χ4v) is 4.17. The zero-order valence-corrected chi connectivity index (χ0v) is 15.0. The maximum absolute atomic E-state index is 11.8. The zero-order valence-electron chi connectivity index (χ0n) is 14.2. The zero-order chi connectivity index (χ0) is 19.1. The van der Waals surface area contributed by atoms with Gasteiger partial charge in [0.05, 0.1) is 15.5 Å². The van der Waals surface area contributed by atoms with E-state index in [-0.39, 0.29) is 5.69 Å². The third-order valence-corrected chi connectivity index (χ3v) is 5.43. The molecule has 0 aliphatic carbocycles. The van der Waals surface area contributed by atoms with Gasteiger partial charge in [0.25, 0.3) is 0 Å². The molecule has 0 fully saturated rings. The molecule has 0 amide bonds. The van der Waals surface area contributed by atoms with Crippen LogP contribution in [0.15, 0.2) is 70.5 Å². The van der Waals surface area contributed by atoms with E-state index in [1.165, 1.54) is 17.8 Å². The highest BCUT2D eigenvalue weighted by molar-refractivity contribution is 7.99. The van der Waals surface area contributed by atoms with E-state index in [0.29, 0.717) is 10.6 Å². The average Bonchev–Trinajstić information content (AvgIpc) is 2.65. The Bertz CT molecular complexity index is 1080. The molecule has 134 valence electrons. The minimum Gasteiger partial charge on any atom is -0.302 e. The van der Waals surface area contributed by atoms with E-state index in [0.717, 1.165) is 16.1 Å². The SMILES string of the molecule is Cc1ccc(N2c3ccccc3Sc3ccc([N+](=O)[O-])c([N+](=O)[O-])c32)cc1. The predicted octanol–water partition coefficient (Wildman–Crippen LogP) is 5.75. The molecule has 0 aromatic heterocycles. The highest BCUT2D eigenvalue weighted by Gasteiger charge is 2.38. The molecule has 0 spiro atoms. The van der Waals surface area contributed by atoms with Crippen LogP contribution in [0.4, 0.5) is 28.4 Å². The molecule has 8 heteroatoms. The van der Waals surface area contributed by atoms with E-state index in [1.807, 2.05) is 55.5 Å². The van der Waals surface area contributed by atoms with Crippen molar-refractivity contribution in [2.75, 3.05) is 4.90 Å². The van der Waals surface area contributed by atoms with Gasteiger partial charge >= 0.3 is 11.4 Å². The molecule has 0 unspecified atom stereocenters. The monoisotopic (exact) mass is 379 g/mol. The molecule has 1 aliphatic heterocycles. The summed E-state index contributed by atoms with van der Waals surface area (Å²) in [5.41, 5.74) is 1.71. The molecule has 7 nitrogen and oxygen atoms in total. The third kappa shape index (κ3) is 2.80. The van der Waals surface area contributed by atoms with E-state index < -0.39 is 21.2 Å². The summed E-state index contributed by atoms with van der Waals surface area (Å²) in [6, 6.07) is 17.8. The number of rotatable bonds is 3. The first-order valence-corrected chi connectivity index (χ1v) is 8.88. The standard InChI is InChI=1S/C19H13N3O4S/c1-12-6-8-13(9-7-12)20-14-4-2-3-5-16(14)27-17-11-10-15(21(23)24)18(19(17)20)22(25)26/h2-11H,1H3. The van der Waals surface area contributed by atoms with Crippen molar-refractivity contribution in [2.45, 2.75) is 16.7 Å². The Kier molecular flexibility index (Phi) is 4.04. The first-order chi connectivity index (χ1) is 13.0. The molecular weight excluding hydrogens is 366 g/mol. The summed E-state index contributed by atoms with van der Waals surface area (Å²) >= 11 is 1.37. The van der Waals surface area contributed by atoms with Gasteiger partial charge in [-0.1, -0.05) is 41.6 Å². The average molecular weight is 379 g/mol. The molecule has 0 atom stereocenters. The fourth-order valence-electron chi connectivity index (χ4n) is 3.11. The van der Waals surface area contributed by atoms with Crippen LogP contribution < -0.4 is 4.90 Å². The number of nitro benzene ring substituents is 2. The lowest BCUT2D eigenvalue weighted by Gasteiger charge is -2.32. The lowest BCUT2D eigenvalue weighted by atomic mass is 10.1. The normalized spacial score (nSPS) is 12.3. The number of nitrogens with zero attached hydrogens (tertiary/aromatic N) is 3. The second-order valence-electron chi connectivity index (χ2n) is 6.04. The Hall–Kier alpha value is -3.39. The molecular formula is C19H13N3O4S. The van der Waals surface area contributed by atoms with Crippen molar-refractivity contribution in [2.24, 2.45) is 0 Å². The number of hydrogen-bond donors (Lipinski definition) is 0. The van der Waals surface area contributed by atoms with Crippen molar-refractivity contribution in [3.05, 3.63) is 86.5 Å². The van der Waals surface area contributed by atoms with Crippen LogP contribution in [-0.2, 0) is 0 Å². The van der Waals surface area contributed by atoms with Crippen LogP contribution in [0.25, 0.3) is 0 Å². The maximum Gasteiger partial charge on any atom is 0.370 e. The van der Waals surface area contributed by atoms with Crippen LogP contribution in [0, 0.1) is 27.2 Å². The quantitative estimate of drug-likeness (QED) is 0.333. The number of hydrogen-bond acceptors (Lipinski definition) is 6. The topological polar surface area (TPSA) is 89.5 Å². The summed E-state index contributed by atoms with van der Waals surface area (Å²) in [6.07, 6.45) is 0. The highest BCUT2D eigenvalue weighted by Crippen LogP contribution is 2.56. The third-order valence-electron chi connectivity index (χ3n) is 4.31. The second kappa shape index (κ2) is 6.40. The van der Waals surface area contributed by atoms with E-state index in [1.54, 1.807) is 11.0 Å². The molecule has 0 saturated carbocycles. The maximum atomic E-state index is 11.8. The van der Waals surface area contributed by atoms with E-state index in [9.17, 15) is 20.2 Å². The Morgan fingerprint density at radius 1 is 0.852 bits per heavy atom. The minimum absolute atomic E-state index is 0.224. The van der Waals surface area contributed by atoms with E-state index in [4.69, 9.17) is 0 Å². The van der Waals surface area contributed by atoms with E-state index >= 15 is 0 Å². The van der Waals surface area contributed by atoms with Gasteiger partial charge < -0.3 is 4.90 Å². The van der Waals surface area contributed by atoms with Crippen molar-refractivity contribution >= 4 is 40.2 Å². The highest BCUT2D eigenvalue weighted by atomic mass is 32.2. The van der Waals surface area contributed by atoms with Crippen LogP contribution >= 0.6 is 11.8 Å². The number of aryl methyl sites for hydroxylation is 1. The number of benzene rings is 3. The van der Waals surface area contributed by atoms with Gasteiger partial charge in [0.15, 0.2) is 0 Å². The Labute approximate surface area is 158 Å². The summed E-state index contributed by atoms with van der Waals surface area (Å²) in [6.45, 7) is 1.95. The van der Waals surface area contributed by atoms with Gasteiger partial charge in [0, 0.05) is 21.5 Å². The molecule has 1 aliphatic rings. The van der Waals surface area contributed by atoms with E-state index in [2.05, 4.69) is 0 Å². The molecule has 1 heterocycles. The Morgan fingerprint density at radius 3 is 2.22 bits per heavy atom. The second-order valence-corrected chi connectivity index (χ2v) is 7.12. The van der Waals surface area contributed by atoms with Crippen molar-refractivity contribution in [1.82, 2.24) is 0 Å². The molecule has 3 aromatic rings. The van der Waals surface area contributed by atoms with Gasteiger partial charge in [-0.2, -0.15) is 0 Å². The van der Waals surface area contributed by atoms with Crippen LogP contribution in [0.1, 0.15) is 5.56 Å². The number of fused-ring (bicyclic) bond motifs is 2. The summed E-state index contributed by atoms with van der Waals surface area (Å²) in [7, 11) is 0. The van der Waals surface area contributed by atoms with Gasteiger partial charge in [0.2, 0.25) is 0 Å². The van der Waals surface area contributed by atoms with Crippen molar-refractivity contribution in [1.29, 1.82) is 0 Å². The lowest BCUT2D eigenvalue weighted by Crippen LogP contribution is -2.17. The van der Waals surface area contributed by atoms with Gasteiger partial charge in [-0.25, -0.2) is 0 Å². The molecule has 0 N–H and O–H groups in total. The largest absolute Gasteiger partial charge is 0.370 e. The predicted molar refractivity (Wildman–Crippen MR) is 103 cm³/mol. The van der Waals surface area contributed by atoms with Gasteiger partial charge in [-0.15, -0.1) is 0 Å². The molecule has 27 heavy (non-hydrogen) atoms.